The van der Waals surface area contributed by atoms with Gasteiger partial charge in [0.05, 0.1) is 11.0 Å². The number of halogens is 2. The number of aromatic amines is 1. The summed E-state index contributed by atoms with van der Waals surface area (Å²) in [6, 6.07) is 15.7. The second-order valence-corrected chi connectivity index (χ2v) is 7.85. The van der Waals surface area contributed by atoms with Crippen molar-refractivity contribution in [2.75, 3.05) is 5.32 Å². The van der Waals surface area contributed by atoms with Crippen molar-refractivity contribution in [2.24, 2.45) is 0 Å². The van der Waals surface area contributed by atoms with Gasteiger partial charge in [-0.2, -0.15) is 5.10 Å². The lowest BCUT2D eigenvalue weighted by atomic mass is 10.1. The van der Waals surface area contributed by atoms with Crippen LogP contribution in [-0.2, 0) is 17.8 Å². The fourth-order valence-corrected chi connectivity index (χ4v) is 3.66. The first-order valence-electron chi connectivity index (χ1n) is 8.91. The monoisotopic (exact) mass is 456 g/mol. The average Bonchev–Trinajstić information content (AvgIpc) is 3.25. The second kappa shape index (κ2) is 8.20. The number of fused-ring (bicyclic) bond motifs is 1. The molecule has 2 N–H and O–H groups in total. The summed E-state index contributed by atoms with van der Waals surface area (Å²) in [5.41, 5.74) is 3.30. The third-order valence-electron chi connectivity index (χ3n) is 4.53. The van der Waals surface area contributed by atoms with Crippen LogP contribution >= 0.6 is 27.5 Å². The molecule has 0 bridgehead atoms. The van der Waals surface area contributed by atoms with Gasteiger partial charge in [-0.3, -0.25) is 9.48 Å². The van der Waals surface area contributed by atoms with Gasteiger partial charge in [0.25, 0.3) is 0 Å². The van der Waals surface area contributed by atoms with Crippen molar-refractivity contribution >= 4 is 50.2 Å². The van der Waals surface area contributed by atoms with E-state index in [1.807, 2.05) is 54.9 Å². The number of aryl methyl sites for hydroxylation is 1. The molecule has 28 heavy (non-hydrogen) atoms. The number of anilines is 1. The first-order chi connectivity index (χ1) is 13.6. The minimum absolute atomic E-state index is 0.0669. The van der Waals surface area contributed by atoms with E-state index in [1.165, 1.54) is 0 Å². The molecule has 5 nitrogen and oxygen atoms in total. The van der Waals surface area contributed by atoms with Gasteiger partial charge in [-0.25, -0.2) is 0 Å². The number of nitrogens with zero attached hydrogens (tertiary/aromatic N) is 2. The average molecular weight is 458 g/mol. The van der Waals surface area contributed by atoms with E-state index in [9.17, 15) is 4.79 Å². The van der Waals surface area contributed by atoms with Gasteiger partial charge in [0.2, 0.25) is 5.91 Å². The number of aromatic nitrogens is 3. The van der Waals surface area contributed by atoms with Crippen LogP contribution in [0.4, 0.5) is 5.82 Å². The van der Waals surface area contributed by atoms with Crippen LogP contribution in [0.2, 0.25) is 5.02 Å². The number of benzene rings is 2. The predicted octanol–water partition coefficient (Wildman–Crippen LogP) is 5.40. The quantitative estimate of drug-likeness (QED) is 0.407. The van der Waals surface area contributed by atoms with Gasteiger partial charge >= 0.3 is 0 Å². The van der Waals surface area contributed by atoms with Crippen molar-refractivity contribution in [2.45, 2.75) is 19.4 Å². The lowest BCUT2D eigenvalue weighted by Crippen LogP contribution is -2.13. The molecule has 2 heterocycles. The number of carbonyl (C=O) groups excluding carboxylic acids is 1. The Labute approximate surface area is 175 Å². The van der Waals surface area contributed by atoms with Crippen LogP contribution in [0.25, 0.3) is 10.9 Å². The maximum Gasteiger partial charge on any atom is 0.225 e. The summed E-state index contributed by atoms with van der Waals surface area (Å²) in [6.45, 7) is 0.598. The molecule has 7 heteroatoms. The van der Waals surface area contributed by atoms with Crippen molar-refractivity contribution in [1.82, 2.24) is 14.8 Å². The van der Waals surface area contributed by atoms with Crippen molar-refractivity contribution in [3.05, 3.63) is 81.5 Å². The number of para-hydroxylation sites is 1. The summed E-state index contributed by atoms with van der Waals surface area (Å²) in [6.07, 6.45) is 4.87. The van der Waals surface area contributed by atoms with Crippen molar-refractivity contribution in [3.63, 3.8) is 0 Å². The number of H-pyrrole nitrogens is 1. The molecular formula is C21H18BrClN4O. The fraction of sp³-hybridized carbons (Fsp3) is 0.143. The molecule has 142 valence electrons. The van der Waals surface area contributed by atoms with Crippen LogP contribution < -0.4 is 5.32 Å². The van der Waals surface area contributed by atoms with Crippen LogP contribution in [0, 0.1) is 0 Å². The van der Waals surface area contributed by atoms with Crippen LogP contribution in [0.5, 0.6) is 0 Å². The molecule has 0 saturated carbocycles. The van der Waals surface area contributed by atoms with E-state index in [1.54, 1.807) is 4.68 Å². The Bertz CT molecular complexity index is 1120. The zero-order chi connectivity index (χ0) is 19.5. The largest absolute Gasteiger partial charge is 0.361 e. The Kier molecular flexibility index (Phi) is 5.50. The second-order valence-electron chi connectivity index (χ2n) is 6.56. The molecule has 0 aliphatic carbocycles. The third-order valence-corrected chi connectivity index (χ3v) is 5.36. The van der Waals surface area contributed by atoms with Crippen LogP contribution in [0.15, 0.2) is 65.4 Å². The normalized spacial score (nSPS) is 11.1. The minimum atomic E-state index is -0.0669. The molecule has 2 aromatic carbocycles. The Morgan fingerprint density at radius 3 is 2.79 bits per heavy atom. The lowest BCUT2D eigenvalue weighted by Gasteiger charge is -2.04. The molecule has 0 fully saturated rings. The van der Waals surface area contributed by atoms with Crippen LogP contribution in [-0.4, -0.2) is 20.7 Å². The summed E-state index contributed by atoms with van der Waals surface area (Å²) in [7, 11) is 0. The molecule has 0 aliphatic rings. The standard InChI is InChI=1S/C21H18BrClN4O/c22-18-13-27(12-14-5-8-16(23)9-6-14)26-21(18)25-20(28)10-7-15-11-24-19-4-2-1-3-17(15)19/h1-6,8-9,11,13,24H,7,10,12H2,(H,25,26,28). The summed E-state index contributed by atoms with van der Waals surface area (Å²) in [5.74, 6) is 0.459. The van der Waals surface area contributed by atoms with E-state index in [0.717, 1.165) is 26.5 Å². The topological polar surface area (TPSA) is 62.7 Å². The van der Waals surface area contributed by atoms with Crippen molar-refractivity contribution < 1.29 is 4.79 Å². The highest BCUT2D eigenvalue weighted by atomic mass is 79.9. The van der Waals surface area contributed by atoms with E-state index in [2.05, 4.69) is 37.4 Å². The zero-order valence-electron chi connectivity index (χ0n) is 15.0. The molecule has 0 spiro atoms. The molecule has 1 amide bonds. The molecule has 4 rings (SSSR count). The van der Waals surface area contributed by atoms with E-state index in [0.29, 0.717) is 30.2 Å². The predicted molar refractivity (Wildman–Crippen MR) is 116 cm³/mol. The fourth-order valence-electron chi connectivity index (χ4n) is 3.12. The molecule has 0 radical (unpaired) electrons. The summed E-state index contributed by atoms with van der Waals surface area (Å²) in [4.78, 5) is 15.6. The Balaban J connectivity index is 1.37. The number of hydrogen-bond donors (Lipinski definition) is 2. The first kappa shape index (κ1) is 18.8. The van der Waals surface area contributed by atoms with E-state index in [-0.39, 0.29) is 5.91 Å². The summed E-state index contributed by atoms with van der Waals surface area (Å²) >= 11 is 9.39. The van der Waals surface area contributed by atoms with E-state index < -0.39 is 0 Å². The molecule has 0 atom stereocenters. The van der Waals surface area contributed by atoms with Crippen molar-refractivity contribution in [1.29, 1.82) is 0 Å². The number of hydrogen-bond acceptors (Lipinski definition) is 2. The van der Waals surface area contributed by atoms with Gasteiger partial charge in [0.15, 0.2) is 5.82 Å². The van der Waals surface area contributed by atoms with Gasteiger partial charge in [-0.15, -0.1) is 0 Å². The van der Waals surface area contributed by atoms with Gasteiger partial charge in [0.1, 0.15) is 0 Å². The number of rotatable bonds is 6. The highest BCUT2D eigenvalue weighted by Gasteiger charge is 2.12. The van der Waals surface area contributed by atoms with E-state index >= 15 is 0 Å². The lowest BCUT2D eigenvalue weighted by molar-refractivity contribution is -0.116. The Morgan fingerprint density at radius 1 is 1.18 bits per heavy atom. The summed E-state index contributed by atoms with van der Waals surface area (Å²) in [5, 5.41) is 9.21. The zero-order valence-corrected chi connectivity index (χ0v) is 17.3. The summed E-state index contributed by atoms with van der Waals surface area (Å²) < 4.78 is 2.53. The Morgan fingerprint density at radius 2 is 1.96 bits per heavy atom. The van der Waals surface area contributed by atoms with Crippen LogP contribution in [0.1, 0.15) is 17.5 Å². The molecule has 2 aromatic heterocycles. The van der Waals surface area contributed by atoms with Crippen LogP contribution in [0.3, 0.4) is 0 Å². The first-order valence-corrected chi connectivity index (χ1v) is 10.1. The molecule has 4 aromatic rings. The minimum Gasteiger partial charge on any atom is -0.361 e. The number of nitrogens with one attached hydrogen (secondary N) is 2. The van der Waals surface area contributed by atoms with Gasteiger partial charge in [-0.05, 0) is 51.7 Å². The smallest absolute Gasteiger partial charge is 0.225 e. The van der Waals surface area contributed by atoms with Gasteiger partial charge in [0, 0.05) is 34.7 Å². The maximum absolute atomic E-state index is 12.4. The van der Waals surface area contributed by atoms with Gasteiger partial charge < -0.3 is 10.3 Å². The molecule has 0 aliphatic heterocycles. The SMILES string of the molecule is O=C(CCc1c[nH]c2ccccc12)Nc1nn(Cc2ccc(Cl)cc2)cc1Br. The highest BCUT2D eigenvalue weighted by Crippen LogP contribution is 2.22. The molecule has 0 saturated heterocycles. The highest BCUT2D eigenvalue weighted by molar-refractivity contribution is 9.10. The molecule has 0 unspecified atom stereocenters. The van der Waals surface area contributed by atoms with Gasteiger partial charge in [-0.1, -0.05) is 41.9 Å². The number of amides is 1. The van der Waals surface area contributed by atoms with Crippen molar-refractivity contribution in [3.8, 4) is 0 Å². The Hall–Kier alpha value is -2.57. The maximum atomic E-state index is 12.4. The third kappa shape index (κ3) is 4.29. The van der Waals surface area contributed by atoms with E-state index in [4.69, 9.17) is 11.6 Å². The molecular weight excluding hydrogens is 440 g/mol. The number of carbonyl (C=O) groups is 1.